The van der Waals surface area contributed by atoms with E-state index in [4.69, 9.17) is 10.8 Å². The zero-order valence-electron chi connectivity index (χ0n) is 7.20. The third kappa shape index (κ3) is 1.57. The molecular weight excluding hydrogens is 154 g/mol. The number of rotatable bonds is 1. The normalized spacial score (nSPS) is 13.0. The van der Waals surface area contributed by atoms with E-state index in [0.717, 1.165) is 11.1 Å². The second-order valence-electron chi connectivity index (χ2n) is 2.95. The van der Waals surface area contributed by atoms with Gasteiger partial charge in [-0.05, 0) is 42.7 Å². The highest BCUT2D eigenvalue weighted by atomic mass is 16.3. The Morgan fingerprint density at radius 1 is 1.25 bits per heavy atom. The van der Waals surface area contributed by atoms with Crippen LogP contribution in [0.5, 0.6) is 5.75 Å². The lowest BCUT2D eigenvalue weighted by Crippen LogP contribution is -2.08. The van der Waals surface area contributed by atoms with E-state index in [2.05, 4.69) is 0 Å². The molecule has 1 unspecified atom stereocenters. The predicted octanol–water partition coefficient (Wildman–Crippen LogP) is 0.959. The van der Waals surface area contributed by atoms with Crippen LogP contribution in [-0.2, 0) is 0 Å². The summed E-state index contributed by atoms with van der Waals surface area (Å²) in [7, 11) is 0. The molecule has 3 heteroatoms. The van der Waals surface area contributed by atoms with E-state index in [-0.39, 0.29) is 5.75 Å². The van der Waals surface area contributed by atoms with E-state index in [1.165, 1.54) is 0 Å². The van der Waals surface area contributed by atoms with Gasteiger partial charge in [0.15, 0.2) is 0 Å². The molecule has 66 valence electrons. The highest BCUT2D eigenvalue weighted by Crippen LogP contribution is 2.24. The first-order chi connectivity index (χ1) is 5.52. The number of phenols is 1. The summed E-state index contributed by atoms with van der Waals surface area (Å²) in [5.74, 6) is 0.263. The Balaban J connectivity index is 3.21. The maximum absolute atomic E-state index is 9.39. The maximum atomic E-state index is 9.39. The molecule has 0 aliphatic rings. The Kier molecular flexibility index (Phi) is 2.35. The van der Waals surface area contributed by atoms with Crippen molar-refractivity contribution in [3.8, 4) is 5.75 Å². The smallest absolute Gasteiger partial charge is 0.128 e. The summed E-state index contributed by atoms with van der Waals surface area (Å²) in [5, 5.41) is 18.4. The lowest BCUT2D eigenvalue weighted by Gasteiger charge is -2.09. The van der Waals surface area contributed by atoms with Crippen molar-refractivity contribution in [2.24, 2.45) is 5.73 Å². The molecule has 0 aromatic heterocycles. The second kappa shape index (κ2) is 3.13. The van der Waals surface area contributed by atoms with Gasteiger partial charge in [0.05, 0.1) is 0 Å². The molecular formula is C9H13NO2. The van der Waals surface area contributed by atoms with Crippen LogP contribution in [0.2, 0.25) is 0 Å². The largest absolute Gasteiger partial charge is 0.507 e. The van der Waals surface area contributed by atoms with Gasteiger partial charge in [0.25, 0.3) is 0 Å². The van der Waals surface area contributed by atoms with Crippen molar-refractivity contribution in [2.75, 3.05) is 0 Å². The zero-order chi connectivity index (χ0) is 9.30. The molecule has 3 nitrogen and oxygen atoms in total. The highest BCUT2D eigenvalue weighted by molar-refractivity contribution is 5.42. The number of aliphatic hydroxyl groups is 1. The average molecular weight is 167 g/mol. The van der Waals surface area contributed by atoms with Crippen molar-refractivity contribution >= 4 is 0 Å². The minimum absolute atomic E-state index is 0.263. The second-order valence-corrected chi connectivity index (χ2v) is 2.95. The fourth-order valence-electron chi connectivity index (χ4n) is 1.16. The maximum Gasteiger partial charge on any atom is 0.128 e. The molecule has 12 heavy (non-hydrogen) atoms. The van der Waals surface area contributed by atoms with Gasteiger partial charge >= 0.3 is 0 Å². The van der Waals surface area contributed by atoms with Gasteiger partial charge in [0.1, 0.15) is 12.0 Å². The predicted molar refractivity (Wildman–Crippen MR) is 46.7 cm³/mol. The van der Waals surface area contributed by atoms with Crippen molar-refractivity contribution in [1.29, 1.82) is 0 Å². The molecule has 4 N–H and O–H groups in total. The first-order valence-corrected chi connectivity index (χ1v) is 3.76. The van der Waals surface area contributed by atoms with Gasteiger partial charge in [-0.25, -0.2) is 0 Å². The van der Waals surface area contributed by atoms with Crippen LogP contribution < -0.4 is 5.73 Å². The van der Waals surface area contributed by atoms with E-state index in [9.17, 15) is 5.11 Å². The number of hydrogen-bond donors (Lipinski definition) is 3. The first-order valence-electron chi connectivity index (χ1n) is 3.76. The Morgan fingerprint density at radius 2 is 1.67 bits per heavy atom. The zero-order valence-corrected chi connectivity index (χ0v) is 7.20. The topological polar surface area (TPSA) is 66.5 Å². The van der Waals surface area contributed by atoms with Crippen LogP contribution in [-0.4, -0.2) is 10.2 Å². The third-order valence-electron chi connectivity index (χ3n) is 1.85. The lowest BCUT2D eigenvalue weighted by atomic mass is 10.1. The number of nitrogens with two attached hydrogens (primary N) is 1. The van der Waals surface area contributed by atoms with Crippen molar-refractivity contribution in [3.05, 3.63) is 28.8 Å². The van der Waals surface area contributed by atoms with E-state index in [1.807, 2.05) is 0 Å². The van der Waals surface area contributed by atoms with E-state index in [0.29, 0.717) is 5.56 Å². The summed E-state index contributed by atoms with van der Waals surface area (Å²) >= 11 is 0. The quantitative estimate of drug-likeness (QED) is 0.546. The number of aryl methyl sites for hydroxylation is 2. The van der Waals surface area contributed by atoms with Gasteiger partial charge in [0, 0.05) is 0 Å². The van der Waals surface area contributed by atoms with Crippen LogP contribution >= 0.6 is 0 Å². The molecule has 1 rings (SSSR count). The van der Waals surface area contributed by atoms with Crippen LogP contribution in [0.4, 0.5) is 0 Å². The molecule has 0 amide bonds. The molecule has 1 aromatic carbocycles. The monoisotopic (exact) mass is 167 g/mol. The molecule has 0 aliphatic heterocycles. The standard InChI is InChI=1S/C9H13NO2/c1-5-3-7(9(10)12)4-6(2)8(5)11/h3-4,9,11-12H,10H2,1-2H3. The van der Waals surface area contributed by atoms with Gasteiger partial charge in [0.2, 0.25) is 0 Å². The van der Waals surface area contributed by atoms with Gasteiger partial charge in [-0.1, -0.05) is 0 Å². The summed E-state index contributed by atoms with van der Waals surface area (Å²) in [6.07, 6.45) is -0.969. The van der Waals surface area contributed by atoms with Crippen LogP contribution in [0.25, 0.3) is 0 Å². The molecule has 0 heterocycles. The number of phenolic OH excluding ortho intramolecular Hbond substituents is 1. The van der Waals surface area contributed by atoms with E-state index < -0.39 is 6.23 Å². The van der Waals surface area contributed by atoms with E-state index >= 15 is 0 Å². The molecule has 0 fully saturated rings. The van der Waals surface area contributed by atoms with Gasteiger partial charge < -0.3 is 15.9 Å². The Morgan fingerprint density at radius 3 is 2.00 bits per heavy atom. The number of aliphatic hydroxyl groups excluding tert-OH is 1. The molecule has 0 bridgehead atoms. The SMILES string of the molecule is Cc1cc(C(N)O)cc(C)c1O. The fraction of sp³-hybridized carbons (Fsp3) is 0.333. The van der Waals surface area contributed by atoms with Crippen LogP contribution in [0, 0.1) is 13.8 Å². The van der Waals surface area contributed by atoms with Crippen molar-refractivity contribution in [3.63, 3.8) is 0 Å². The van der Waals surface area contributed by atoms with Gasteiger partial charge in [-0.3, -0.25) is 0 Å². The Labute approximate surface area is 71.5 Å². The number of benzene rings is 1. The average Bonchev–Trinajstić information content (AvgIpc) is 1.99. The molecule has 1 aromatic rings. The van der Waals surface area contributed by atoms with Crippen LogP contribution in [0.3, 0.4) is 0 Å². The molecule has 0 saturated carbocycles. The van der Waals surface area contributed by atoms with Crippen molar-refractivity contribution in [2.45, 2.75) is 20.1 Å². The van der Waals surface area contributed by atoms with Gasteiger partial charge in [-0.2, -0.15) is 0 Å². The number of aromatic hydroxyl groups is 1. The Bertz CT molecular complexity index is 272. The fourth-order valence-corrected chi connectivity index (χ4v) is 1.16. The van der Waals surface area contributed by atoms with Crippen LogP contribution in [0.15, 0.2) is 12.1 Å². The minimum atomic E-state index is -0.969. The number of hydrogen-bond acceptors (Lipinski definition) is 3. The summed E-state index contributed by atoms with van der Waals surface area (Å²) in [6, 6.07) is 3.35. The molecule has 1 atom stereocenters. The summed E-state index contributed by atoms with van der Waals surface area (Å²) < 4.78 is 0. The summed E-state index contributed by atoms with van der Waals surface area (Å²) in [5.41, 5.74) is 7.37. The van der Waals surface area contributed by atoms with Gasteiger partial charge in [-0.15, -0.1) is 0 Å². The molecule has 0 spiro atoms. The Hall–Kier alpha value is -1.06. The van der Waals surface area contributed by atoms with Crippen molar-refractivity contribution in [1.82, 2.24) is 0 Å². The van der Waals surface area contributed by atoms with E-state index in [1.54, 1.807) is 26.0 Å². The summed E-state index contributed by atoms with van der Waals surface area (Å²) in [6.45, 7) is 3.54. The lowest BCUT2D eigenvalue weighted by molar-refractivity contribution is 0.186. The highest BCUT2D eigenvalue weighted by Gasteiger charge is 2.06. The summed E-state index contributed by atoms with van der Waals surface area (Å²) in [4.78, 5) is 0. The third-order valence-corrected chi connectivity index (χ3v) is 1.85. The molecule has 0 aliphatic carbocycles. The first kappa shape index (κ1) is 9.03. The molecule has 0 radical (unpaired) electrons. The van der Waals surface area contributed by atoms with Crippen molar-refractivity contribution < 1.29 is 10.2 Å². The van der Waals surface area contributed by atoms with Crippen LogP contribution in [0.1, 0.15) is 22.9 Å². The molecule has 0 saturated heterocycles. The minimum Gasteiger partial charge on any atom is -0.507 e.